The van der Waals surface area contributed by atoms with Crippen LogP contribution in [0.15, 0.2) is 4.99 Å². The number of hydrogen-bond donors (Lipinski definition) is 10. The Morgan fingerprint density at radius 1 is 0.676 bits per heavy atom. The van der Waals surface area contributed by atoms with Crippen LogP contribution in [-0.4, -0.2) is 83.2 Å². The fraction of sp³-hybridized carbons (Fsp3) is 0.579. The van der Waals surface area contributed by atoms with Gasteiger partial charge in [-0.15, -0.1) is 0 Å². The number of guanidine groups is 1. The molecule has 0 saturated heterocycles. The number of hydrogen-bond acceptors (Lipinski definition) is 9. The Bertz CT molecular complexity index is 905. The number of nitrogens with zero attached hydrogens (tertiary/aromatic N) is 1. The SMILES string of the molecule is NC(=O)CCC(NC(=O)C(CC(N)=O)NC(=O)C(N)CCCN=C(N)N)C(=O)NC(CC(N)=O)C(=O)O. The van der Waals surface area contributed by atoms with E-state index < -0.39 is 84.8 Å². The van der Waals surface area contributed by atoms with Gasteiger partial charge < -0.3 is 55.5 Å². The number of carbonyl (C=O) groups is 7. The minimum Gasteiger partial charge on any atom is -0.480 e. The lowest BCUT2D eigenvalue weighted by Gasteiger charge is -2.24. The summed E-state index contributed by atoms with van der Waals surface area (Å²) in [6.45, 7) is 0.193. The molecule has 0 rings (SSSR count). The molecule has 16 N–H and O–H groups in total. The van der Waals surface area contributed by atoms with Crippen LogP contribution in [0.1, 0.15) is 38.5 Å². The maximum atomic E-state index is 12.8. The van der Waals surface area contributed by atoms with Crippen molar-refractivity contribution < 1.29 is 38.7 Å². The normalized spacial score (nSPS) is 13.6. The molecular weight excluding hydrogens is 496 g/mol. The molecule has 0 spiro atoms. The molecule has 6 amide bonds. The van der Waals surface area contributed by atoms with Crippen LogP contribution in [0.3, 0.4) is 0 Å². The first kappa shape index (κ1) is 32.5. The van der Waals surface area contributed by atoms with Crippen molar-refractivity contribution in [2.24, 2.45) is 39.4 Å². The van der Waals surface area contributed by atoms with Gasteiger partial charge in [0.1, 0.15) is 18.1 Å². The zero-order chi connectivity index (χ0) is 28.7. The molecule has 208 valence electrons. The molecule has 4 atom stereocenters. The van der Waals surface area contributed by atoms with Crippen LogP contribution in [0, 0.1) is 0 Å². The van der Waals surface area contributed by atoms with Gasteiger partial charge in [-0.1, -0.05) is 0 Å². The summed E-state index contributed by atoms with van der Waals surface area (Å²) in [6.07, 6.45) is -1.77. The fourth-order valence-electron chi connectivity index (χ4n) is 2.84. The minimum absolute atomic E-state index is 0.119. The summed E-state index contributed by atoms with van der Waals surface area (Å²) in [5.41, 5.74) is 31.4. The first-order valence-corrected chi connectivity index (χ1v) is 10.9. The molecule has 0 bridgehead atoms. The molecule has 4 unspecified atom stereocenters. The van der Waals surface area contributed by atoms with Crippen LogP contribution < -0.4 is 50.4 Å². The van der Waals surface area contributed by atoms with Gasteiger partial charge >= 0.3 is 5.97 Å². The average molecular weight is 531 g/mol. The average Bonchev–Trinajstić information content (AvgIpc) is 2.76. The lowest BCUT2D eigenvalue weighted by atomic mass is 10.1. The van der Waals surface area contributed by atoms with Gasteiger partial charge in [-0.2, -0.15) is 0 Å². The number of nitrogens with one attached hydrogen (secondary N) is 3. The van der Waals surface area contributed by atoms with E-state index in [1.165, 1.54) is 0 Å². The van der Waals surface area contributed by atoms with Crippen molar-refractivity contribution in [3.63, 3.8) is 0 Å². The highest BCUT2D eigenvalue weighted by molar-refractivity contribution is 5.96. The Kier molecular flexibility index (Phi) is 14.3. The molecule has 37 heavy (non-hydrogen) atoms. The Hall–Kier alpha value is -4.48. The fourth-order valence-corrected chi connectivity index (χ4v) is 2.84. The van der Waals surface area contributed by atoms with Crippen LogP contribution in [0.25, 0.3) is 0 Å². The van der Waals surface area contributed by atoms with E-state index in [2.05, 4.69) is 15.6 Å². The maximum absolute atomic E-state index is 12.8. The van der Waals surface area contributed by atoms with Crippen molar-refractivity contribution in [3.8, 4) is 0 Å². The second-order valence-corrected chi connectivity index (χ2v) is 7.92. The predicted octanol–water partition coefficient (Wildman–Crippen LogP) is -6.08. The van der Waals surface area contributed by atoms with E-state index >= 15 is 0 Å². The maximum Gasteiger partial charge on any atom is 0.326 e. The first-order chi connectivity index (χ1) is 17.1. The molecule has 18 nitrogen and oxygen atoms in total. The molecule has 0 aromatic heterocycles. The summed E-state index contributed by atoms with van der Waals surface area (Å²) in [6, 6.07) is -5.96. The number of aliphatic imine (C=N–C) groups is 1. The van der Waals surface area contributed by atoms with Crippen LogP contribution in [-0.2, 0) is 33.6 Å². The quantitative estimate of drug-likeness (QED) is 0.0451. The molecule has 0 aromatic rings. The lowest BCUT2D eigenvalue weighted by molar-refractivity contribution is -0.144. The number of aliphatic carboxylic acids is 1. The van der Waals surface area contributed by atoms with Gasteiger partial charge in [-0.3, -0.25) is 33.8 Å². The third-order valence-electron chi connectivity index (χ3n) is 4.67. The molecule has 0 saturated carbocycles. The Morgan fingerprint density at radius 3 is 1.65 bits per heavy atom. The zero-order valence-electron chi connectivity index (χ0n) is 20.0. The second-order valence-electron chi connectivity index (χ2n) is 7.92. The van der Waals surface area contributed by atoms with Crippen molar-refractivity contribution in [2.45, 2.75) is 62.7 Å². The summed E-state index contributed by atoms with van der Waals surface area (Å²) in [7, 11) is 0. The zero-order valence-corrected chi connectivity index (χ0v) is 20.0. The molecule has 0 heterocycles. The second kappa shape index (κ2) is 16.2. The van der Waals surface area contributed by atoms with Crippen LogP contribution in [0.5, 0.6) is 0 Å². The van der Waals surface area contributed by atoms with E-state index in [0.717, 1.165) is 0 Å². The van der Waals surface area contributed by atoms with Gasteiger partial charge in [-0.05, 0) is 19.3 Å². The number of nitrogens with two attached hydrogens (primary N) is 6. The van der Waals surface area contributed by atoms with Gasteiger partial charge in [0.25, 0.3) is 0 Å². The van der Waals surface area contributed by atoms with E-state index in [9.17, 15) is 38.7 Å². The molecule has 18 heteroatoms. The molecule has 0 aliphatic rings. The molecule has 0 aliphatic heterocycles. The van der Waals surface area contributed by atoms with Crippen molar-refractivity contribution >= 4 is 47.4 Å². The molecular formula is C19H34N10O8. The smallest absolute Gasteiger partial charge is 0.326 e. The monoisotopic (exact) mass is 530 g/mol. The van der Waals surface area contributed by atoms with Gasteiger partial charge in [-0.25, -0.2) is 4.79 Å². The number of amides is 6. The van der Waals surface area contributed by atoms with E-state index in [1.54, 1.807) is 0 Å². The van der Waals surface area contributed by atoms with Gasteiger partial charge in [0, 0.05) is 13.0 Å². The number of carboxylic acids is 1. The van der Waals surface area contributed by atoms with Crippen molar-refractivity contribution in [3.05, 3.63) is 0 Å². The van der Waals surface area contributed by atoms with Gasteiger partial charge in [0.05, 0.1) is 18.9 Å². The summed E-state index contributed by atoms with van der Waals surface area (Å²) < 4.78 is 0. The number of carboxylic acid groups (broad SMARTS) is 1. The van der Waals surface area contributed by atoms with Gasteiger partial charge in [0.2, 0.25) is 35.4 Å². The molecule has 0 aromatic carbocycles. The predicted molar refractivity (Wildman–Crippen MR) is 127 cm³/mol. The third-order valence-corrected chi connectivity index (χ3v) is 4.67. The van der Waals surface area contributed by atoms with Crippen molar-refractivity contribution in [1.29, 1.82) is 0 Å². The highest BCUT2D eigenvalue weighted by Gasteiger charge is 2.31. The molecule has 0 aliphatic carbocycles. The van der Waals surface area contributed by atoms with E-state index in [1.807, 2.05) is 5.32 Å². The number of primary amides is 3. The topological polar surface area (TPSA) is 344 Å². The van der Waals surface area contributed by atoms with Crippen molar-refractivity contribution in [1.82, 2.24) is 16.0 Å². The standard InChI is InChI=1S/C19H34N10O8/c20-8(2-1-5-26-19(24)25)15(33)28-10(6-13(22)31)17(35)27-9(3-4-12(21)30)16(34)29-11(18(36)37)7-14(23)32/h8-11H,1-7,20H2,(H2,21,30)(H2,22,31)(H2,23,32)(H,27,35)(H,28,33)(H,29,34)(H,36,37)(H4,24,25,26). The van der Waals surface area contributed by atoms with Crippen LogP contribution in [0.4, 0.5) is 0 Å². The number of rotatable bonds is 18. The highest BCUT2D eigenvalue weighted by atomic mass is 16.4. The first-order valence-electron chi connectivity index (χ1n) is 10.9. The van der Waals surface area contributed by atoms with Crippen LogP contribution in [0.2, 0.25) is 0 Å². The summed E-state index contributed by atoms with van der Waals surface area (Å²) in [4.78, 5) is 86.7. The van der Waals surface area contributed by atoms with E-state index in [-0.39, 0.29) is 25.3 Å². The minimum atomic E-state index is -1.73. The van der Waals surface area contributed by atoms with Crippen molar-refractivity contribution in [2.75, 3.05) is 6.54 Å². The van der Waals surface area contributed by atoms with E-state index in [4.69, 9.17) is 34.4 Å². The molecule has 0 fully saturated rings. The summed E-state index contributed by atoms with van der Waals surface area (Å²) >= 11 is 0. The largest absolute Gasteiger partial charge is 0.480 e. The molecule has 0 radical (unpaired) electrons. The Morgan fingerprint density at radius 2 is 1.16 bits per heavy atom. The summed E-state index contributed by atoms with van der Waals surface area (Å²) in [5, 5.41) is 15.7. The highest BCUT2D eigenvalue weighted by Crippen LogP contribution is 2.04. The lowest BCUT2D eigenvalue weighted by Crippen LogP contribution is -2.58. The Balaban J connectivity index is 5.52. The van der Waals surface area contributed by atoms with E-state index in [0.29, 0.717) is 6.42 Å². The Labute approximate surface area is 211 Å². The summed E-state index contributed by atoms with van der Waals surface area (Å²) in [5.74, 6) is -7.55. The third kappa shape index (κ3) is 14.5. The number of carbonyl (C=O) groups excluding carboxylic acids is 6. The van der Waals surface area contributed by atoms with Gasteiger partial charge in [0.15, 0.2) is 5.96 Å². The van der Waals surface area contributed by atoms with Crippen LogP contribution >= 0.6 is 0 Å².